The van der Waals surface area contributed by atoms with Gasteiger partial charge in [-0.1, -0.05) is 27.7 Å². The molecule has 0 unspecified atom stereocenters. The second kappa shape index (κ2) is 8.82. The number of nitrogens with zero attached hydrogens (tertiary/aromatic N) is 1. The molecule has 0 bridgehead atoms. The summed E-state index contributed by atoms with van der Waals surface area (Å²) in [6.07, 6.45) is 3.95. The topological polar surface area (TPSA) is 78.5 Å². The maximum absolute atomic E-state index is 13.2. The first-order valence-corrected chi connectivity index (χ1v) is 11.7. The molecule has 1 aromatic rings. The highest BCUT2D eigenvalue weighted by Gasteiger charge is 2.28. The van der Waals surface area contributed by atoms with Gasteiger partial charge >= 0.3 is 0 Å². The maximum atomic E-state index is 13.2. The summed E-state index contributed by atoms with van der Waals surface area (Å²) >= 11 is 0. The van der Waals surface area contributed by atoms with Crippen LogP contribution in [-0.2, 0) is 14.8 Å². The van der Waals surface area contributed by atoms with Gasteiger partial charge in [0.1, 0.15) is 4.90 Å². The van der Waals surface area contributed by atoms with Crippen LogP contribution in [0.3, 0.4) is 0 Å². The molecular formula is C21H35N3O3S. The van der Waals surface area contributed by atoms with E-state index < -0.39 is 15.4 Å². The van der Waals surface area contributed by atoms with E-state index in [1.165, 1.54) is 0 Å². The Morgan fingerprint density at radius 1 is 1.29 bits per heavy atom. The maximum Gasteiger partial charge on any atom is 0.242 e. The van der Waals surface area contributed by atoms with Crippen LogP contribution in [0.4, 0.5) is 11.4 Å². The Morgan fingerprint density at radius 3 is 2.54 bits per heavy atom. The average Bonchev–Trinajstić information content (AvgIpc) is 2.61. The minimum atomic E-state index is -3.71. The van der Waals surface area contributed by atoms with Crippen molar-refractivity contribution < 1.29 is 13.2 Å². The Morgan fingerprint density at radius 2 is 1.96 bits per heavy atom. The number of amides is 1. The molecule has 0 spiro atoms. The van der Waals surface area contributed by atoms with Crippen LogP contribution in [0.5, 0.6) is 0 Å². The van der Waals surface area contributed by atoms with Crippen molar-refractivity contribution in [2.24, 2.45) is 5.41 Å². The quantitative estimate of drug-likeness (QED) is 0.740. The third kappa shape index (κ3) is 5.47. The van der Waals surface area contributed by atoms with Gasteiger partial charge in [-0.2, -0.15) is 0 Å². The SMILES string of the molecule is CC[C@@H](C)NS(=O)(=O)c1cc(NC(=O)C(C)(C)C)ccc1N1CCCC[C@H]1C. The highest BCUT2D eigenvalue weighted by molar-refractivity contribution is 7.89. The normalized spacial score (nSPS) is 19.4. The Balaban J connectivity index is 2.48. The van der Waals surface area contributed by atoms with Gasteiger partial charge in [0.2, 0.25) is 15.9 Å². The van der Waals surface area contributed by atoms with E-state index in [0.29, 0.717) is 17.8 Å². The van der Waals surface area contributed by atoms with E-state index in [1.807, 2.05) is 40.7 Å². The first-order chi connectivity index (χ1) is 13.0. The number of sulfonamides is 1. The molecule has 28 heavy (non-hydrogen) atoms. The molecule has 1 saturated heterocycles. The largest absolute Gasteiger partial charge is 0.368 e. The van der Waals surface area contributed by atoms with Crippen molar-refractivity contribution in [3.63, 3.8) is 0 Å². The van der Waals surface area contributed by atoms with Crippen LogP contribution in [-0.4, -0.2) is 33.0 Å². The summed E-state index contributed by atoms with van der Waals surface area (Å²) in [6.45, 7) is 12.2. The van der Waals surface area contributed by atoms with E-state index in [2.05, 4.69) is 21.9 Å². The zero-order valence-electron chi connectivity index (χ0n) is 18.0. The molecule has 0 aromatic heterocycles. The van der Waals surface area contributed by atoms with Gasteiger partial charge in [-0.15, -0.1) is 0 Å². The molecule has 158 valence electrons. The molecule has 1 heterocycles. The Labute approximate surface area is 170 Å². The van der Waals surface area contributed by atoms with E-state index in [1.54, 1.807) is 12.1 Å². The van der Waals surface area contributed by atoms with E-state index in [4.69, 9.17) is 0 Å². The van der Waals surface area contributed by atoms with Gasteiger partial charge in [-0.3, -0.25) is 4.79 Å². The van der Waals surface area contributed by atoms with Crippen LogP contribution in [0.1, 0.15) is 67.2 Å². The Hall–Kier alpha value is -1.60. The van der Waals surface area contributed by atoms with E-state index in [-0.39, 0.29) is 22.9 Å². The lowest BCUT2D eigenvalue weighted by molar-refractivity contribution is -0.123. The molecule has 0 saturated carbocycles. The molecule has 7 heteroatoms. The van der Waals surface area contributed by atoms with Crippen LogP contribution >= 0.6 is 0 Å². The zero-order chi connectivity index (χ0) is 21.1. The minimum absolute atomic E-state index is 0.148. The third-order valence-corrected chi connectivity index (χ3v) is 6.89. The molecule has 1 aliphatic heterocycles. The van der Waals surface area contributed by atoms with Crippen LogP contribution < -0.4 is 14.9 Å². The lowest BCUT2D eigenvalue weighted by Crippen LogP contribution is -2.39. The van der Waals surface area contributed by atoms with Crippen molar-refractivity contribution in [2.75, 3.05) is 16.8 Å². The molecule has 2 atom stereocenters. The molecule has 6 nitrogen and oxygen atoms in total. The molecule has 2 N–H and O–H groups in total. The molecule has 1 amide bonds. The summed E-state index contributed by atoms with van der Waals surface area (Å²) in [4.78, 5) is 14.8. The molecule has 0 radical (unpaired) electrons. The number of piperidine rings is 1. The molecular weight excluding hydrogens is 374 g/mol. The van der Waals surface area contributed by atoms with Crippen molar-refractivity contribution >= 4 is 27.3 Å². The minimum Gasteiger partial charge on any atom is -0.368 e. The van der Waals surface area contributed by atoms with Crippen LogP contribution in [0.15, 0.2) is 23.1 Å². The summed E-state index contributed by atoms with van der Waals surface area (Å²) < 4.78 is 29.1. The summed E-state index contributed by atoms with van der Waals surface area (Å²) in [6, 6.07) is 5.32. The van der Waals surface area contributed by atoms with Crippen molar-refractivity contribution in [3.8, 4) is 0 Å². The third-order valence-electron chi connectivity index (χ3n) is 5.27. The van der Waals surface area contributed by atoms with Gasteiger partial charge < -0.3 is 10.2 Å². The van der Waals surface area contributed by atoms with Crippen LogP contribution in [0, 0.1) is 5.41 Å². The fraction of sp³-hybridized carbons (Fsp3) is 0.667. The standard InChI is InChI=1S/C21H35N3O3S/c1-7-15(2)23-28(26,27)19-14-17(22-20(25)21(4,5)6)11-12-18(19)24-13-9-8-10-16(24)3/h11-12,14-16,23H,7-10,13H2,1-6H3,(H,22,25)/t15-,16-/m1/s1. The van der Waals surface area contributed by atoms with Gasteiger partial charge in [0.15, 0.2) is 0 Å². The number of hydrogen-bond donors (Lipinski definition) is 2. The predicted octanol–water partition coefficient (Wildman–Crippen LogP) is 4.13. The van der Waals surface area contributed by atoms with Crippen molar-refractivity contribution in [2.45, 2.75) is 84.2 Å². The van der Waals surface area contributed by atoms with Gasteiger partial charge in [-0.25, -0.2) is 13.1 Å². The van der Waals surface area contributed by atoms with Crippen LogP contribution in [0.2, 0.25) is 0 Å². The zero-order valence-corrected chi connectivity index (χ0v) is 18.8. The summed E-state index contributed by atoms with van der Waals surface area (Å²) in [5.74, 6) is -0.148. The summed E-state index contributed by atoms with van der Waals surface area (Å²) in [5.41, 5.74) is 0.642. The fourth-order valence-electron chi connectivity index (χ4n) is 3.23. The second-order valence-electron chi connectivity index (χ2n) is 8.86. The number of hydrogen-bond acceptors (Lipinski definition) is 4. The first-order valence-electron chi connectivity index (χ1n) is 10.2. The van der Waals surface area contributed by atoms with Gasteiger partial charge in [0, 0.05) is 29.7 Å². The van der Waals surface area contributed by atoms with Crippen molar-refractivity contribution in [1.29, 1.82) is 0 Å². The van der Waals surface area contributed by atoms with Gasteiger partial charge in [0.05, 0.1) is 5.69 Å². The smallest absolute Gasteiger partial charge is 0.242 e. The van der Waals surface area contributed by atoms with E-state index >= 15 is 0 Å². The number of anilines is 2. The summed E-state index contributed by atoms with van der Waals surface area (Å²) in [7, 11) is -3.71. The Bertz CT molecular complexity index is 800. The molecule has 1 aliphatic rings. The van der Waals surface area contributed by atoms with Gasteiger partial charge in [-0.05, 0) is 57.7 Å². The van der Waals surface area contributed by atoms with Crippen LogP contribution in [0.25, 0.3) is 0 Å². The fourth-order valence-corrected chi connectivity index (χ4v) is 4.80. The van der Waals surface area contributed by atoms with Gasteiger partial charge in [0.25, 0.3) is 0 Å². The molecule has 1 aromatic carbocycles. The second-order valence-corrected chi connectivity index (χ2v) is 10.5. The van der Waals surface area contributed by atoms with E-state index in [9.17, 15) is 13.2 Å². The van der Waals surface area contributed by atoms with Crippen molar-refractivity contribution in [1.82, 2.24) is 4.72 Å². The number of carbonyl (C=O) groups excluding carboxylic acids is 1. The number of benzene rings is 1. The lowest BCUT2D eigenvalue weighted by Gasteiger charge is -2.36. The highest BCUT2D eigenvalue weighted by Crippen LogP contribution is 2.33. The first kappa shape index (κ1) is 22.7. The van der Waals surface area contributed by atoms with E-state index in [0.717, 1.165) is 25.8 Å². The Kier molecular flexibility index (Phi) is 7.15. The molecule has 0 aliphatic carbocycles. The number of rotatable bonds is 6. The summed E-state index contributed by atoms with van der Waals surface area (Å²) in [5, 5.41) is 2.85. The number of nitrogens with one attached hydrogen (secondary N) is 2. The monoisotopic (exact) mass is 409 g/mol. The average molecular weight is 410 g/mol. The molecule has 1 fully saturated rings. The molecule has 2 rings (SSSR count). The van der Waals surface area contributed by atoms with Crippen molar-refractivity contribution in [3.05, 3.63) is 18.2 Å². The number of carbonyl (C=O) groups is 1. The highest BCUT2D eigenvalue weighted by atomic mass is 32.2. The lowest BCUT2D eigenvalue weighted by atomic mass is 9.95. The predicted molar refractivity (Wildman–Crippen MR) is 115 cm³/mol.